The highest BCUT2D eigenvalue weighted by atomic mass is 16.5. The molecular weight excluding hydrogens is 308 g/mol. The fourth-order valence-electron chi connectivity index (χ4n) is 2.26. The first-order valence-corrected chi connectivity index (χ1v) is 8.04. The van der Waals surface area contributed by atoms with E-state index in [1.165, 1.54) is 10.7 Å². The molecule has 0 fully saturated rings. The number of benzene rings is 1. The van der Waals surface area contributed by atoms with Crippen LogP contribution in [-0.2, 0) is 11.3 Å². The van der Waals surface area contributed by atoms with E-state index in [0.29, 0.717) is 12.2 Å². The summed E-state index contributed by atoms with van der Waals surface area (Å²) in [6, 6.07) is 8.78. The monoisotopic (exact) mass is 330 g/mol. The van der Waals surface area contributed by atoms with Crippen LogP contribution in [0.2, 0.25) is 0 Å². The van der Waals surface area contributed by atoms with Gasteiger partial charge in [0.1, 0.15) is 11.3 Å². The highest BCUT2D eigenvalue weighted by molar-refractivity contribution is 5.90. The first kappa shape index (κ1) is 17.7. The van der Waals surface area contributed by atoms with Crippen molar-refractivity contribution in [2.45, 2.75) is 33.2 Å². The molecule has 0 radical (unpaired) electrons. The summed E-state index contributed by atoms with van der Waals surface area (Å²) < 4.78 is 11.5. The maximum atomic E-state index is 12.5. The van der Waals surface area contributed by atoms with Crippen LogP contribution in [0.25, 0.3) is 11.3 Å². The van der Waals surface area contributed by atoms with Gasteiger partial charge >= 0.3 is 5.97 Å². The molecule has 0 aliphatic rings. The quantitative estimate of drug-likeness (QED) is 0.730. The van der Waals surface area contributed by atoms with E-state index in [1.54, 1.807) is 14.0 Å². The molecule has 6 nitrogen and oxygen atoms in total. The summed E-state index contributed by atoms with van der Waals surface area (Å²) >= 11 is 0. The zero-order valence-corrected chi connectivity index (χ0v) is 14.2. The van der Waals surface area contributed by atoms with E-state index in [4.69, 9.17) is 9.47 Å². The van der Waals surface area contributed by atoms with Crippen LogP contribution in [0.1, 0.15) is 37.0 Å². The van der Waals surface area contributed by atoms with Crippen molar-refractivity contribution in [3.8, 4) is 17.0 Å². The van der Waals surface area contributed by atoms with Gasteiger partial charge in [0.05, 0.1) is 19.4 Å². The van der Waals surface area contributed by atoms with Gasteiger partial charge in [-0.3, -0.25) is 4.79 Å². The number of esters is 1. The van der Waals surface area contributed by atoms with Crippen LogP contribution in [0.3, 0.4) is 0 Å². The van der Waals surface area contributed by atoms with Crippen molar-refractivity contribution in [1.82, 2.24) is 9.78 Å². The Morgan fingerprint density at radius 2 is 1.92 bits per heavy atom. The number of carbonyl (C=O) groups excluding carboxylic acids is 1. The Balaban J connectivity index is 2.51. The van der Waals surface area contributed by atoms with Gasteiger partial charge in [-0.05, 0) is 43.7 Å². The number of hydrogen-bond donors (Lipinski definition) is 0. The summed E-state index contributed by atoms with van der Waals surface area (Å²) in [4.78, 5) is 24.5. The smallest absolute Gasteiger partial charge is 0.343 e. The second kappa shape index (κ2) is 8.29. The molecule has 0 saturated heterocycles. The maximum Gasteiger partial charge on any atom is 0.343 e. The molecule has 0 bridgehead atoms. The first-order valence-electron chi connectivity index (χ1n) is 8.04. The molecular formula is C18H22N2O4. The van der Waals surface area contributed by atoms with E-state index in [9.17, 15) is 9.59 Å². The molecule has 0 aliphatic heterocycles. The topological polar surface area (TPSA) is 70.4 Å². The molecule has 1 aromatic heterocycles. The van der Waals surface area contributed by atoms with Gasteiger partial charge in [0.15, 0.2) is 0 Å². The van der Waals surface area contributed by atoms with Crippen molar-refractivity contribution in [3.05, 3.63) is 46.2 Å². The Morgan fingerprint density at radius 1 is 1.21 bits per heavy atom. The van der Waals surface area contributed by atoms with Gasteiger partial charge in [-0.1, -0.05) is 13.3 Å². The van der Waals surface area contributed by atoms with Crippen molar-refractivity contribution < 1.29 is 14.3 Å². The lowest BCUT2D eigenvalue weighted by Gasteiger charge is -2.10. The Hall–Kier alpha value is -2.63. The van der Waals surface area contributed by atoms with E-state index in [-0.39, 0.29) is 12.2 Å². The number of nitrogens with zero attached hydrogens (tertiary/aromatic N) is 2. The highest BCUT2D eigenvalue weighted by Gasteiger charge is 2.17. The van der Waals surface area contributed by atoms with Gasteiger partial charge < -0.3 is 9.47 Å². The summed E-state index contributed by atoms with van der Waals surface area (Å²) in [5.41, 5.74) is 0.941. The molecule has 0 amide bonds. The Morgan fingerprint density at radius 3 is 2.50 bits per heavy atom. The molecule has 6 heteroatoms. The van der Waals surface area contributed by atoms with Gasteiger partial charge in [-0.25, -0.2) is 9.48 Å². The average Bonchev–Trinajstić information content (AvgIpc) is 2.61. The lowest BCUT2D eigenvalue weighted by atomic mass is 10.1. The predicted octanol–water partition coefficient (Wildman–Crippen LogP) is 2.90. The number of unbranched alkanes of at least 4 members (excludes halogenated alkanes) is 1. The number of carbonyl (C=O) groups is 1. The normalized spacial score (nSPS) is 10.5. The molecule has 0 atom stereocenters. The number of aryl methyl sites for hydroxylation is 1. The van der Waals surface area contributed by atoms with Crippen LogP contribution in [0.15, 0.2) is 35.1 Å². The molecule has 0 spiro atoms. The summed E-state index contributed by atoms with van der Waals surface area (Å²) in [5.74, 6) is 0.105. The maximum absolute atomic E-state index is 12.5. The molecule has 0 saturated carbocycles. The van der Waals surface area contributed by atoms with E-state index in [0.717, 1.165) is 24.2 Å². The fourth-order valence-corrected chi connectivity index (χ4v) is 2.26. The third-order valence-electron chi connectivity index (χ3n) is 3.58. The largest absolute Gasteiger partial charge is 0.497 e. The van der Waals surface area contributed by atoms with Crippen LogP contribution in [0.5, 0.6) is 5.75 Å². The first-order chi connectivity index (χ1) is 11.6. The molecule has 1 heterocycles. The number of ether oxygens (including phenoxy) is 2. The number of aromatic nitrogens is 2. The molecule has 1 aromatic carbocycles. The summed E-state index contributed by atoms with van der Waals surface area (Å²) in [5, 5.41) is 4.39. The summed E-state index contributed by atoms with van der Waals surface area (Å²) in [6.45, 7) is 4.42. The van der Waals surface area contributed by atoms with Gasteiger partial charge in [-0.2, -0.15) is 5.10 Å². The second-order valence-corrected chi connectivity index (χ2v) is 5.27. The van der Waals surface area contributed by atoms with Gasteiger partial charge in [0, 0.05) is 12.1 Å². The SMILES string of the molecule is CCCCn1nc(-c2ccc(OC)cc2)cc(C(=O)OCC)c1=O. The minimum atomic E-state index is -0.620. The Kier molecular flexibility index (Phi) is 6.12. The fraction of sp³-hybridized carbons (Fsp3) is 0.389. The zero-order valence-electron chi connectivity index (χ0n) is 14.2. The highest BCUT2D eigenvalue weighted by Crippen LogP contribution is 2.20. The van der Waals surface area contributed by atoms with Gasteiger partial charge in [0.25, 0.3) is 5.56 Å². The minimum Gasteiger partial charge on any atom is -0.497 e. The molecule has 0 N–H and O–H groups in total. The van der Waals surface area contributed by atoms with Crippen molar-refractivity contribution in [1.29, 1.82) is 0 Å². The van der Waals surface area contributed by atoms with Crippen molar-refractivity contribution in [3.63, 3.8) is 0 Å². The zero-order chi connectivity index (χ0) is 17.5. The standard InChI is InChI=1S/C18H22N2O4/c1-4-6-11-20-17(21)15(18(22)24-5-2)12-16(19-20)13-7-9-14(23-3)10-8-13/h7-10,12H,4-6,11H2,1-3H3. The van der Waals surface area contributed by atoms with E-state index in [2.05, 4.69) is 5.10 Å². The van der Waals surface area contributed by atoms with Crippen molar-refractivity contribution >= 4 is 5.97 Å². The van der Waals surface area contributed by atoms with Gasteiger partial charge in [-0.15, -0.1) is 0 Å². The summed E-state index contributed by atoms with van der Waals surface area (Å²) in [6.07, 6.45) is 1.73. The van der Waals surface area contributed by atoms with Crippen LogP contribution in [-0.4, -0.2) is 29.5 Å². The molecule has 2 rings (SSSR count). The van der Waals surface area contributed by atoms with Crippen LogP contribution < -0.4 is 10.3 Å². The van der Waals surface area contributed by atoms with Gasteiger partial charge in [0.2, 0.25) is 0 Å². The Bertz CT molecular complexity index is 751. The molecule has 24 heavy (non-hydrogen) atoms. The van der Waals surface area contributed by atoms with Crippen LogP contribution >= 0.6 is 0 Å². The third-order valence-corrected chi connectivity index (χ3v) is 3.58. The van der Waals surface area contributed by atoms with Crippen molar-refractivity contribution in [2.24, 2.45) is 0 Å². The van der Waals surface area contributed by atoms with E-state index >= 15 is 0 Å². The predicted molar refractivity (Wildman–Crippen MR) is 91.3 cm³/mol. The van der Waals surface area contributed by atoms with Crippen LogP contribution in [0.4, 0.5) is 0 Å². The molecule has 2 aromatic rings. The number of methoxy groups -OCH3 is 1. The third kappa shape index (κ3) is 4.01. The van der Waals surface area contributed by atoms with Crippen LogP contribution in [0, 0.1) is 0 Å². The second-order valence-electron chi connectivity index (χ2n) is 5.27. The van der Waals surface area contributed by atoms with E-state index < -0.39 is 11.5 Å². The molecule has 128 valence electrons. The molecule has 0 unspecified atom stereocenters. The number of rotatable bonds is 7. The Labute approximate surface area is 141 Å². The summed E-state index contributed by atoms with van der Waals surface area (Å²) in [7, 11) is 1.59. The lowest BCUT2D eigenvalue weighted by molar-refractivity contribution is 0.0523. The number of hydrogen-bond acceptors (Lipinski definition) is 5. The lowest BCUT2D eigenvalue weighted by Crippen LogP contribution is -2.30. The minimum absolute atomic E-state index is 0.00812. The van der Waals surface area contributed by atoms with Crippen molar-refractivity contribution in [2.75, 3.05) is 13.7 Å². The average molecular weight is 330 g/mol. The van der Waals surface area contributed by atoms with E-state index in [1.807, 2.05) is 31.2 Å². The molecule has 0 aliphatic carbocycles.